The van der Waals surface area contributed by atoms with Crippen LogP contribution in [0.25, 0.3) is 0 Å². The number of ether oxygens (including phenoxy) is 1. The quantitative estimate of drug-likeness (QED) is 0.302. The molecule has 38 heavy (non-hydrogen) atoms. The second-order valence-corrected chi connectivity index (χ2v) is 17.0. The van der Waals surface area contributed by atoms with Crippen molar-refractivity contribution in [1.29, 1.82) is 0 Å². The van der Waals surface area contributed by atoms with Crippen LogP contribution in [0.1, 0.15) is 106 Å². The molecule has 0 spiro atoms. The van der Waals surface area contributed by atoms with E-state index in [0.717, 1.165) is 32.1 Å². The maximum Gasteiger partial charge on any atom is 0.397 e. The van der Waals surface area contributed by atoms with Gasteiger partial charge in [0.15, 0.2) is 0 Å². The minimum atomic E-state index is -4.57. The lowest BCUT2D eigenvalue weighted by atomic mass is 9.33. The summed E-state index contributed by atoms with van der Waals surface area (Å²) < 4.78 is 43.5. The van der Waals surface area contributed by atoms with Gasteiger partial charge >= 0.3 is 10.4 Å². The summed E-state index contributed by atoms with van der Waals surface area (Å²) in [6, 6.07) is 0. The van der Waals surface area contributed by atoms with Gasteiger partial charge in [-0.25, -0.2) is 4.18 Å². The van der Waals surface area contributed by atoms with Crippen LogP contribution in [0.15, 0.2) is 11.6 Å². The standard InChI is InChI=1S/C31H52O6S/c1-26(2)17-21-20-9-10-23-28(4)13-12-24(32)29(5,19-37-38(33,34)35)22(28)11-14-31(23,7)30(20,6)16-15-27(21,3)25(18-26)36-8/h9,21-25,32H,10-19H2,1-8H3,(H,33,34,35)/t21-,22+,23+,24-,25+,27+,28-,29+,30+,31+/m0/s1. The topological polar surface area (TPSA) is 93.1 Å². The van der Waals surface area contributed by atoms with E-state index in [2.05, 4.69) is 47.6 Å². The van der Waals surface area contributed by atoms with Crippen molar-refractivity contribution in [3.63, 3.8) is 0 Å². The Bertz CT molecular complexity index is 1100. The Morgan fingerprint density at radius 1 is 0.921 bits per heavy atom. The van der Waals surface area contributed by atoms with E-state index in [1.54, 1.807) is 5.57 Å². The molecule has 5 aliphatic rings. The van der Waals surface area contributed by atoms with Crippen molar-refractivity contribution in [1.82, 2.24) is 0 Å². The molecule has 0 amide bonds. The van der Waals surface area contributed by atoms with Gasteiger partial charge in [0.1, 0.15) is 0 Å². The third kappa shape index (κ3) is 3.95. The number of rotatable bonds is 4. The Labute approximate surface area is 231 Å². The van der Waals surface area contributed by atoms with E-state index in [9.17, 15) is 18.1 Å². The third-order valence-electron chi connectivity index (χ3n) is 13.7. The van der Waals surface area contributed by atoms with Crippen LogP contribution in [-0.2, 0) is 19.3 Å². The molecule has 10 atom stereocenters. The molecular formula is C31H52O6S. The molecule has 0 saturated heterocycles. The first-order valence-corrected chi connectivity index (χ1v) is 16.3. The van der Waals surface area contributed by atoms with Crippen molar-refractivity contribution in [3.8, 4) is 0 Å². The molecule has 0 aromatic rings. The van der Waals surface area contributed by atoms with Gasteiger partial charge < -0.3 is 9.84 Å². The predicted octanol–water partition coefficient (Wildman–Crippen LogP) is 6.59. The summed E-state index contributed by atoms with van der Waals surface area (Å²) in [6.07, 6.45) is 11.5. The van der Waals surface area contributed by atoms with Crippen molar-refractivity contribution < 1.29 is 27.0 Å². The summed E-state index contributed by atoms with van der Waals surface area (Å²) in [6.45, 7) is 16.6. The van der Waals surface area contributed by atoms with Crippen molar-refractivity contribution in [3.05, 3.63) is 11.6 Å². The molecule has 5 rings (SSSR count). The number of hydrogen-bond acceptors (Lipinski definition) is 5. The number of allylic oxidation sites excluding steroid dienone is 2. The average Bonchev–Trinajstić information content (AvgIpc) is 2.81. The molecule has 0 aromatic carbocycles. The minimum absolute atomic E-state index is 0.0454. The molecule has 0 radical (unpaired) electrons. The van der Waals surface area contributed by atoms with E-state index < -0.39 is 21.9 Å². The largest absolute Gasteiger partial charge is 0.397 e. The van der Waals surface area contributed by atoms with Crippen LogP contribution >= 0.6 is 0 Å². The maximum absolute atomic E-state index is 11.5. The van der Waals surface area contributed by atoms with Gasteiger partial charge in [0.2, 0.25) is 0 Å². The number of aliphatic hydroxyl groups excluding tert-OH is 1. The van der Waals surface area contributed by atoms with Gasteiger partial charge in [0, 0.05) is 17.9 Å². The fourth-order valence-electron chi connectivity index (χ4n) is 11.2. The zero-order chi connectivity index (χ0) is 28.2. The summed E-state index contributed by atoms with van der Waals surface area (Å²) in [5, 5.41) is 11.2. The van der Waals surface area contributed by atoms with Crippen LogP contribution in [0.3, 0.4) is 0 Å². The highest BCUT2D eigenvalue weighted by Gasteiger charge is 2.69. The molecule has 2 N–H and O–H groups in total. The summed E-state index contributed by atoms with van der Waals surface area (Å²) in [4.78, 5) is 0. The smallest absolute Gasteiger partial charge is 0.392 e. The predicted molar refractivity (Wildman–Crippen MR) is 149 cm³/mol. The van der Waals surface area contributed by atoms with Crippen LogP contribution < -0.4 is 0 Å². The fourth-order valence-corrected chi connectivity index (χ4v) is 11.6. The lowest BCUT2D eigenvalue weighted by molar-refractivity contribution is -0.217. The lowest BCUT2D eigenvalue weighted by Crippen LogP contribution is -2.66. The van der Waals surface area contributed by atoms with E-state index >= 15 is 0 Å². The van der Waals surface area contributed by atoms with Gasteiger partial charge in [-0.1, -0.05) is 60.1 Å². The first kappa shape index (κ1) is 29.0. The van der Waals surface area contributed by atoms with Gasteiger partial charge in [-0.3, -0.25) is 4.55 Å². The highest BCUT2D eigenvalue weighted by atomic mass is 32.3. The molecule has 218 valence electrons. The maximum atomic E-state index is 11.5. The molecule has 4 saturated carbocycles. The van der Waals surface area contributed by atoms with Crippen molar-refractivity contribution >= 4 is 10.4 Å². The van der Waals surface area contributed by atoms with Gasteiger partial charge in [-0.15, -0.1) is 0 Å². The number of aliphatic hydroxyl groups is 1. The minimum Gasteiger partial charge on any atom is -0.392 e. The SMILES string of the molecule is CO[C@@H]1CC(C)(C)C[C@H]2C3=CC[C@@H]4[C@@]5(C)CC[C@H](O)[C@](C)(COS(=O)(=O)O)[C@@H]5CC[C@@]4(C)[C@]3(C)CC[C@@]12C. The molecule has 0 aliphatic heterocycles. The molecule has 0 unspecified atom stereocenters. The highest BCUT2D eigenvalue weighted by Crippen LogP contribution is 2.75. The number of hydrogen-bond donors (Lipinski definition) is 2. The zero-order valence-corrected chi connectivity index (χ0v) is 25.8. The second kappa shape index (κ2) is 8.77. The Morgan fingerprint density at radius 3 is 2.24 bits per heavy atom. The highest BCUT2D eigenvalue weighted by molar-refractivity contribution is 7.80. The van der Waals surface area contributed by atoms with Crippen LogP contribution in [0.5, 0.6) is 0 Å². The monoisotopic (exact) mass is 552 g/mol. The molecule has 5 aliphatic carbocycles. The van der Waals surface area contributed by atoms with Gasteiger partial charge in [-0.2, -0.15) is 8.42 Å². The normalized spacial score (nSPS) is 52.2. The second-order valence-electron chi connectivity index (χ2n) is 15.9. The Kier molecular flexibility index (Phi) is 6.70. The van der Waals surface area contributed by atoms with Gasteiger partial charge in [-0.05, 0) is 97.2 Å². The van der Waals surface area contributed by atoms with Gasteiger partial charge in [0.05, 0.1) is 18.8 Å². The molecular weight excluding hydrogens is 500 g/mol. The van der Waals surface area contributed by atoms with E-state index in [4.69, 9.17) is 8.92 Å². The van der Waals surface area contributed by atoms with Crippen LogP contribution in [-0.4, -0.2) is 44.0 Å². The third-order valence-corrected chi connectivity index (χ3v) is 14.1. The molecule has 0 aromatic heterocycles. The summed E-state index contributed by atoms with van der Waals surface area (Å²) in [5.74, 6) is 1.09. The summed E-state index contributed by atoms with van der Waals surface area (Å²) in [7, 11) is -2.67. The van der Waals surface area contributed by atoms with Crippen LogP contribution in [0.4, 0.5) is 0 Å². The molecule has 4 fully saturated rings. The summed E-state index contributed by atoms with van der Waals surface area (Å²) in [5.41, 5.74) is 1.56. The number of methoxy groups -OCH3 is 1. The first-order valence-electron chi connectivity index (χ1n) is 14.9. The van der Waals surface area contributed by atoms with E-state index in [-0.39, 0.29) is 45.7 Å². The Hall–Kier alpha value is -0.470. The van der Waals surface area contributed by atoms with Crippen molar-refractivity contribution in [2.24, 2.45) is 50.2 Å². The first-order chi connectivity index (χ1) is 17.4. The molecule has 7 heteroatoms. The molecule has 6 nitrogen and oxygen atoms in total. The Morgan fingerprint density at radius 2 is 1.61 bits per heavy atom. The molecule has 0 heterocycles. The number of fused-ring (bicyclic) bond motifs is 7. The Balaban J connectivity index is 1.54. The van der Waals surface area contributed by atoms with Gasteiger partial charge in [0.25, 0.3) is 0 Å². The fraction of sp³-hybridized carbons (Fsp3) is 0.935. The van der Waals surface area contributed by atoms with E-state index in [1.165, 1.54) is 19.3 Å². The average molecular weight is 553 g/mol. The van der Waals surface area contributed by atoms with E-state index in [0.29, 0.717) is 18.3 Å². The van der Waals surface area contributed by atoms with Crippen molar-refractivity contribution in [2.45, 2.75) is 118 Å². The zero-order valence-electron chi connectivity index (χ0n) is 25.0. The van der Waals surface area contributed by atoms with Crippen molar-refractivity contribution in [2.75, 3.05) is 13.7 Å². The molecule has 0 bridgehead atoms. The lowest BCUT2D eigenvalue weighted by Gasteiger charge is -2.71. The summed E-state index contributed by atoms with van der Waals surface area (Å²) >= 11 is 0. The van der Waals surface area contributed by atoms with Crippen LogP contribution in [0, 0.1) is 50.2 Å². The van der Waals surface area contributed by atoms with Crippen LogP contribution in [0.2, 0.25) is 0 Å². The van der Waals surface area contributed by atoms with E-state index in [1.807, 2.05) is 14.0 Å².